The monoisotopic (exact) mass is 316 g/mol. The Bertz CT molecular complexity index is 473. The molecule has 23 heavy (non-hydrogen) atoms. The van der Waals surface area contributed by atoms with Crippen LogP contribution in [0.3, 0.4) is 0 Å². The van der Waals surface area contributed by atoms with Crippen molar-refractivity contribution in [3.63, 3.8) is 0 Å². The van der Waals surface area contributed by atoms with Crippen molar-refractivity contribution in [2.45, 2.75) is 78.1 Å². The largest absolute Gasteiger partial charge is 0.427 e. The number of hydrogen-bond acceptors (Lipinski definition) is 2. The standard InChI is InChI=1S/C21H32O2/c1-4-8-16(5-2)19-11-13-20(14-12-19)23-21(22)15-17(6-3)18-9-7-10-18/h11-14,16-18H,4-10,15H2,1-3H3. The first-order chi connectivity index (χ1) is 11.2. The normalized spacial score (nSPS) is 17.3. The summed E-state index contributed by atoms with van der Waals surface area (Å²) in [6.45, 7) is 6.65. The van der Waals surface area contributed by atoms with Crippen LogP contribution in [0, 0.1) is 11.8 Å². The highest BCUT2D eigenvalue weighted by Gasteiger charge is 2.28. The second-order valence-corrected chi connectivity index (χ2v) is 7.00. The van der Waals surface area contributed by atoms with Crippen LogP contribution in [0.1, 0.15) is 83.6 Å². The van der Waals surface area contributed by atoms with E-state index in [1.165, 1.54) is 37.7 Å². The summed E-state index contributed by atoms with van der Waals surface area (Å²) < 4.78 is 5.55. The molecule has 0 N–H and O–H groups in total. The van der Waals surface area contributed by atoms with Gasteiger partial charge in [0, 0.05) is 6.42 Å². The van der Waals surface area contributed by atoms with E-state index in [9.17, 15) is 4.79 Å². The molecule has 128 valence electrons. The molecule has 2 nitrogen and oxygen atoms in total. The molecule has 0 heterocycles. The van der Waals surface area contributed by atoms with E-state index in [0.717, 1.165) is 18.8 Å². The lowest BCUT2D eigenvalue weighted by Crippen LogP contribution is -2.25. The second kappa shape index (κ2) is 9.10. The van der Waals surface area contributed by atoms with E-state index in [1.54, 1.807) is 0 Å². The highest BCUT2D eigenvalue weighted by atomic mass is 16.5. The zero-order chi connectivity index (χ0) is 16.7. The van der Waals surface area contributed by atoms with Crippen molar-refractivity contribution in [2.24, 2.45) is 11.8 Å². The second-order valence-electron chi connectivity index (χ2n) is 7.00. The molecule has 1 saturated carbocycles. The van der Waals surface area contributed by atoms with Gasteiger partial charge in [0.25, 0.3) is 0 Å². The molecule has 0 bridgehead atoms. The van der Waals surface area contributed by atoms with Crippen LogP contribution in [0.25, 0.3) is 0 Å². The zero-order valence-electron chi connectivity index (χ0n) is 15.0. The predicted octanol–water partition coefficient (Wildman–Crippen LogP) is 6.10. The maximum atomic E-state index is 12.2. The summed E-state index contributed by atoms with van der Waals surface area (Å²) in [5.41, 5.74) is 1.36. The molecule has 1 aromatic carbocycles. The summed E-state index contributed by atoms with van der Waals surface area (Å²) in [5.74, 6) is 2.48. The molecule has 2 rings (SSSR count). The molecule has 1 aromatic rings. The molecule has 0 radical (unpaired) electrons. The fraction of sp³-hybridized carbons (Fsp3) is 0.667. The van der Waals surface area contributed by atoms with Crippen LogP contribution in [0.2, 0.25) is 0 Å². The van der Waals surface area contributed by atoms with Crippen molar-refractivity contribution in [1.29, 1.82) is 0 Å². The highest BCUT2D eigenvalue weighted by Crippen LogP contribution is 2.37. The van der Waals surface area contributed by atoms with Crippen LogP contribution >= 0.6 is 0 Å². The Hall–Kier alpha value is -1.31. The number of esters is 1. The Morgan fingerprint density at radius 2 is 1.83 bits per heavy atom. The van der Waals surface area contributed by atoms with Crippen LogP contribution in [0.15, 0.2) is 24.3 Å². The van der Waals surface area contributed by atoms with Crippen molar-refractivity contribution in [2.75, 3.05) is 0 Å². The van der Waals surface area contributed by atoms with Gasteiger partial charge in [0.1, 0.15) is 5.75 Å². The maximum Gasteiger partial charge on any atom is 0.311 e. The summed E-state index contributed by atoms with van der Waals surface area (Å²) in [4.78, 5) is 12.2. The smallest absolute Gasteiger partial charge is 0.311 e. The van der Waals surface area contributed by atoms with E-state index in [-0.39, 0.29) is 5.97 Å². The van der Waals surface area contributed by atoms with Gasteiger partial charge in [-0.05, 0) is 48.3 Å². The summed E-state index contributed by atoms with van der Waals surface area (Å²) >= 11 is 0. The fourth-order valence-electron chi connectivity index (χ4n) is 3.71. The number of rotatable bonds is 9. The van der Waals surface area contributed by atoms with Crippen LogP contribution in [-0.4, -0.2) is 5.97 Å². The Labute approximate surface area is 141 Å². The van der Waals surface area contributed by atoms with Crippen LogP contribution in [0.5, 0.6) is 5.75 Å². The minimum Gasteiger partial charge on any atom is -0.427 e. The minimum atomic E-state index is -0.0721. The minimum absolute atomic E-state index is 0.0721. The molecular formula is C21H32O2. The van der Waals surface area contributed by atoms with Gasteiger partial charge in [-0.25, -0.2) is 0 Å². The Balaban J connectivity index is 1.88. The quantitative estimate of drug-likeness (QED) is 0.406. The van der Waals surface area contributed by atoms with Gasteiger partial charge in [0.15, 0.2) is 0 Å². The van der Waals surface area contributed by atoms with Crippen molar-refractivity contribution in [1.82, 2.24) is 0 Å². The van der Waals surface area contributed by atoms with Gasteiger partial charge in [-0.15, -0.1) is 0 Å². The molecule has 2 unspecified atom stereocenters. The van der Waals surface area contributed by atoms with Gasteiger partial charge in [-0.2, -0.15) is 0 Å². The highest BCUT2D eigenvalue weighted by molar-refractivity contribution is 5.72. The SMILES string of the molecule is CCCC(CC)c1ccc(OC(=O)CC(CC)C2CCC2)cc1. The number of carbonyl (C=O) groups excluding carboxylic acids is 1. The molecule has 1 aliphatic rings. The molecule has 2 heteroatoms. The van der Waals surface area contributed by atoms with E-state index >= 15 is 0 Å². The first-order valence-electron chi connectivity index (χ1n) is 9.48. The molecule has 1 aliphatic carbocycles. The van der Waals surface area contributed by atoms with Gasteiger partial charge in [-0.3, -0.25) is 4.79 Å². The molecule has 0 aliphatic heterocycles. The van der Waals surface area contributed by atoms with Gasteiger partial charge >= 0.3 is 5.97 Å². The lowest BCUT2D eigenvalue weighted by Gasteiger charge is -2.32. The number of benzene rings is 1. The van der Waals surface area contributed by atoms with Crippen LogP contribution in [-0.2, 0) is 4.79 Å². The third kappa shape index (κ3) is 5.09. The zero-order valence-corrected chi connectivity index (χ0v) is 15.0. The van der Waals surface area contributed by atoms with E-state index in [1.807, 2.05) is 12.1 Å². The Morgan fingerprint density at radius 3 is 2.30 bits per heavy atom. The van der Waals surface area contributed by atoms with Gasteiger partial charge in [0.2, 0.25) is 0 Å². The molecule has 0 aromatic heterocycles. The molecule has 2 atom stereocenters. The third-order valence-electron chi connectivity index (χ3n) is 5.48. The first-order valence-corrected chi connectivity index (χ1v) is 9.48. The number of carbonyl (C=O) groups is 1. The summed E-state index contributed by atoms with van der Waals surface area (Å²) in [6.07, 6.45) is 9.13. The summed E-state index contributed by atoms with van der Waals surface area (Å²) in [7, 11) is 0. The van der Waals surface area contributed by atoms with Gasteiger partial charge in [-0.1, -0.05) is 65.0 Å². The topological polar surface area (TPSA) is 26.3 Å². The van der Waals surface area contributed by atoms with E-state index < -0.39 is 0 Å². The van der Waals surface area contributed by atoms with Crippen molar-refractivity contribution in [3.05, 3.63) is 29.8 Å². The summed E-state index contributed by atoms with van der Waals surface area (Å²) in [5, 5.41) is 0. The number of ether oxygens (including phenoxy) is 1. The predicted molar refractivity (Wildman–Crippen MR) is 95.8 cm³/mol. The average molecular weight is 316 g/mol. The van der Waals surface area contributed by atoms with E-state index in [2.05, 4.69) is 32.9 Å². The lowest BCUT2D eigenvalue weighted by molar-refractivity contribution is -0.136. The molecule has 0 amide bonds. The molecular weight excluding hydrogens is 284 g/mol. The Kier molecular flexibility index (Phi) is 7.14. The van der Waals surface area contributed by atoms with Crippen molar-refractivity contribution in [3.8, 4) is 5.75 Å². The maximum absolute atomic E-state index is 12.2. The third-order valence-corrected chi connectivity index (χ3v) is 5.48. The number of hydrogen-bond donors (Lipinski definition) is 0. The Morgan fingerprint density at radius 1 is 1.13 bits per heavy atom. The van der Waals surface area contributed by atoms with E-state index in [4.69, 9.17) is 4.74 Å². The average Bonchev–Trinajstić information content (AvgIpc) is 2.51. The summed E-state index contributed by atoms with van der Waals surface area (Å²) in [6, 6.07) is 8.15. The van der Waals surface area contributed by atoms with Crippen LogP contribution in [0.4, 0.5) is 0 Å². The van der Waals surface area contributed by atoms with Crippen molar-refractivity contribution < 1.29 is 9.53 Å². The first kappa shape index (κ1) is 18.0. The lowest BCUT2D eigenvalue weighted by atomic mass is 9.73. The van der Waals surface area contributed by atoms with Crippen LogP contribution < -0.4 is 4.74 Å². The molecule has 0 saturated heterocycles. The molecule has 1 fully saturated rings. The van der Waals surface area contributed by atoms with Gasteiger partial charge in [0.05, 0.1) is 0 Å². The van der Waals surface area contributed by atoms with E-state index in [0.29, 0.717) is 24.0 Å². The fourth-order valence-corrected chi connectivity index (χ4v) is 3.71. The van der Waals surface area contributed by atoms with Gasteiger partial charge < -0.3 is 4.74 Å². The van der Waals surface area contributed by atoms with Crippen molar-refractivity contribution >= 4 is 5.97 Å². The molecule has 0 spiro atoms.